The molecule has 1 aromatic rings. The molecule has 0 aliphatic heterocycles. The van der Waals surface area contributed by atoms with Crippen molar-refractivity contribution in [1.82, 2.24) is 10.3 Å². The first-order valence-corrected chi connectivity index (χ1v) is 8.21. The van der Waals surface area contributed by atoms with E-state index in [9.17, 15) is 4.79 Å². The Morgan fingerprint density at radius 2 is 2.39 bits per heavy atom. The highest BCUT2D eigenvalue weighted by Crippen LogP contribution is 2.20. The van der Waals surface area contributed by atoms with Gasteiger partial charge in [-0.3, -0.25) is 9.69 Å². The Morgan fingerprint density at radius 3 is 2.94 bits per heavy atom. The van der Waals surface area contributed by atoms with Crippen LogP contribution in [0.2, 0.25) is 0 Å². The molecule has 0 aliphatic rings. The lowest BCUT2D eigenvalue weighted by Crippen LogP contribution is -2.28. The van der Waals surface area contributed by atoms with Gasteiger partial charge in [0.15, 0.2) is 5.13 Å². The average Bonchev–Trinajstić information content (AvgIpc) is 2.78. The number of aromatic nitrogens is 1. The second kappa shape index (κ2) is 7.76. The summed E-state index contributed by atoms with van der Waals surface area (Å²) in [5.41, 5.74) is 1.00. The molecular weight excluding hydrogens is 266 g/mol. The molecule has 1 amide bonds. The molecule has 0 saturated heterocycles. The van der Waals surface area contributed by atoms with Crippen molar-refractivity contribution in [3.05, 3.63) is 11.1 Å². The van der Waals surface area contributed by atoms with E-state index in [1.54, 1.807) is 11.8 Å². The number of nitrogens with zero attached hydrogens (tertiary/aromatic N) is 2. The molecule has 0 saturated carbocycles. The Labute approximate surface area is 117 Å². The first kappa shape index (κ1) is 15.5. The van der Waals surface area contributed by atoms with Gasteiger partial charge in [-0.15, -0.1) is 11.3 Å². The van der Waals surface area contributed by atoms with Crippen molar-refractivity contribution in [3.8, 4) is 0 Å². The summed E-state index contributed by atoms with van der Waals surface area (Å²) in [5, 5.41) is 6.78. The van der Waals surface area contributed by atoms with Crippen molar-refractivity contribution >= 4 is 34.1 Å². The smallest absolute Gasteiger partial charge is 0.225 e. The lowest BCUT2D eigenvalue weighted by Gasteiger charge is -2.14. The maximum Gasteiger partial charge on any atom is 0.225 e. The van der Waals surface area contributed by atoms with Crippen LogP contribution in [0.15, 0.2) is 5.38 Å². The topological polar surface area (TPSA) is 45.2 Å². The Balaban J connectivity index is 2.50. The zero-order chi connectivity index (χ0) is 13.5. The van der Waals surface area contributed by atoms with E-state index in [2.05, 4.69) is 23.5 Å². The number of nitrogens with one attached hydrogen (secondary N) is 1. The molecule has 0 spiro atoms. The van der Waals surface area contributed by atoms with Crippen LogP contribution >= 0.6 is 23.1 Å². The Hall–Kier alpha value is -0.590. The summed E-state index contributed by atoms with van der Waals surface area (Å²) in [5.74, 6) is 0.0439. The standard InChI is InChI=1S/C12H21N3OS2/c1-5-15(10(3)16)12-14-11(8-18-12)7-13-6-9(2)17-4/h8-9,13H,5-7H2,1-4H3. The van der Waals surface area contributed by atoms with E-state index in [1.807, 2.05) is 24.1 Å². The van der Waals surface area contributed by atoms with Crippen molar-refractivity contribution < 1.29 is 4.79 Å². The molecule has 18 heavy (non-hydrogen) atoms. The number of amides is 1. The minimum absolute atomic E-state index is 0.0439. The number of carbonyl (C=O) groups excluding carboxylic acids is 1. The lowest BCUT2D eigenvalue weighted by molar-refractivity contribution is -0.116. The van der Waals surface area contributed by atoms with Gasteiger partial charge in [-0.2, -0.15) is 11.8 Å². The van der Waals surface area contributed by atoms with Crippen LogP contribution in [0.25, 0.3) is 0 Å². The van der Waals surface area contributed by atoms with E-state index in [1.165, 1.54) is 11.3 Å². The maximum atomic E-state index is 11.4. The van der Waals surface area contributed by atoms with Crippen LogP contribution in [0.4, 0.5) is 5.13 Å². The molecule has 4 nitrogen and oxygen atoms in total. The fourth-order valence-corrected chi connectivity index (χ4v) is 2.70. The van der Waals surface area contributed by atoms with Crippen LogP contribution in [0.1, 0.15) is 26.5 Å². The third kappa shape index (κ3) is 4.59. The van der Waals surface area contributed by atoms with Gasteiger partial charge >= 0.3 is 0 Å². The Morgan fingerprint density at radius 1 is 1.67 bits per heavy atom. The minimum atomic E-state index is 0.0439. The van der Waals surface area contributed by atoms with Crippen LogP contribution in [-0.4, -0.2) is 35.5 Å². The quantitative estimate of drug-likeness (QED) is 0.836. The molecule has 0 fully saturated rings. The Bertz CT molecular complexity index is 381. The molecule has 1 N–H and O–H groups in total. The first-order chi connectivity index (χ1) is 8.58. The summed E-state index contributed by atoms with van der Waals surface area (Å²) in [4.78, 5) is 17.6. The second-order valence-corrected chi connectivity index (χ2v) is 6.17. The maximum absolute atomic E-state index is 11.4. The number of hydrogen-bond donors (Lipinski definition) is 1. The largest absolute Gasteiger partial charge is 0.310 e. The molecule has 1 aromatic heterocycles. The second-order valence-electron chi connectivity index (χ2n) is 4.06. The predicted octanol–water partition coefficient (Wildman–Crippen LogP) is 2.36. The monoisotopic (exact) mass is 287 g/mol. The van der Waals surface area contributed by atoms with Gasteiger partial charge in [0, 0.05) is 37.2 Å². The summed E-state index contributed by atoms with van der Waals surface area (Å²) in [6, 6.07) is 0. The Kier molecular flexibility index (Phi) is 6.67. The summed E-state index contributed by atoms with van der Waals surface area (Å²) >= 11 is 3.37. The van der Waals surface area contributed by atoms with E-state index in [0.29, 0.717) is 11.8 Å². The molecule has 102 valence electrons. The van der Waals surface area contributed by atoms with Gasteiger partial charge < -0.3 is 5.32 Å². The summed E-state index contributed by atoms with van der Waals surface area (Å²) in [6.45, 7) is 8.12. The van der Waals surface area contributed by atoms with E-state index >= 15 is 0 Å². The fourth-order valence-electron chi connectivity index (χ4n) is 1.48. The number of carbonyl (C=O) groups is 1. The highest BCUT2D eigenvalue weighted by Gasteiger charge is 2.13. The molecule has 0 aromatic carbocycles. The number of hydrogen-bond acceptors (Lipinski definition) is 5. The molecule has 1 rings (SSSR count). The molecular formula is C12H21N3OS2. The molecule has 1 unspecified atom stereocenters. The zero-order valence-corrected chi connectivity index (χ0v) is 13.0. The molecule has 6 heteroatoms. The molecule has 0 aliphatic carbocycles. The summed E-state index contributed by atoms with van der Waals surface area (Å²) < 4.78 is 0. The van der Waals surface area contributed by atoms with Gasteiger partial charge in [-0.1, -0.05) is 6.92 Å². The zero-order valence-electron chi connectivity index (χ0n) is 11.4. The van der Waals surface area contributed by atoms with E-state index in [4.69, 9.17) is 0 Å². The lowest BCUT2D eigenvalue weighted by atomic mass is 10.4. The number of thioether (sulfide) groups is 1. The molecule has 0 radical (unpaired) electrons. The molecule has 1 heterocycles. The number of thiazole rings is 1. The van der Waals surface area contributed by atoms with Crippen LogP contribution in [0.5, 0.6) is 0 Å². The van der Waals surface area contributed by atoms with Crippen LogP contribution in [-0.2, 0) is 11.3 Å². The normalized spacial score (nSPS) is 12.4. The highest BCUT2D eigenvalue weighted by molar-refractivity contribution is 7.99. The van der Waals surface area contributed by atoms with Crippen LogP contribution in [0, 0.1) is 0 Å². The predicted molar refractivity (Wildman–Crippen MR) is 80.5 cm³/mol. The number of anilines is 1. The first-order valence-electron chi connectivity index (χ1n) is 6.04. The van der Waals surface area contributed by atoms with E-state index in [-0.39, 0.29) is 5.91 Å². The van der Waals surface area contributed by atoms with Crippen molar-refractivity contribution in [2.75, 3.05) is 24.2 Å². The van der Waals surface area contributed by atoms with Gasteiger partial charge in [0.1, 0.15) is 0 Å². The van der Waals surface area contributed by atoms with Crippen molar-refractivity contribution in [2.24, 2.45) is 0 Å². The van der Waals surface area contributed by atoms with Gasteiger partial charge in [0.2, 0.25) is 5.91 Å². The number of rotatable bonds is 7. The minimum Gasteiger partial charge on any atom is -0.310 e. The molecule has 0 bridgehead atoms. The third-order valence-electron chi connectivity index (χ3n) is 2.61. The van der Waals surface area contributed by atoms with Crippen molar-refractivity contribution in [3.63, 3.8) is 0 Å². The van der Waals surface area contributed by atoms with Crippen LogP contribution in [0.3, 0.4) is 0 Å². The fraction of sp³-hybridized carbons (Fsp3) is 0.667. The SMILES string of the molecule is CCN(C(C)=O)c1nc(CNCC(C)SC)cs1. The van der Waals surface area contributed by atoms with E-state index < -0.39 is 0 Å². The van der Waals surface area contributed by atoms with Gasteiger partial charge in [0.05, 0.1) is 5.69 Å². The summed E-state index contributed by atoms with van der Waals surface area (Å²) in [7, 11) is 0. The van der Waals surface area contributed by atoms with Gasteiger partial charge in [-0.05, 0) is 13.2 Å². The van der Waals surface area contributed by atoms with E-state index in [0.717, 1.165) is 23.9 Å². The van der Waals surface area contributed by atoms with Gasteiger partial charge in [0.25, 0.3) is 0 Å². The molecule has 1 atom stereocenters. The summed E-state index contributed by atoms with van der Waals surface area (Å²) in [6.07, 6.45) is 2.11. The van der Waals surface area contributed by atoms with Crippen molar-refractivity contribution in [2.45, 2.75) is 32.6 Å². The van der Waals surface area contributed by atoms with Crippen molar-refractivity contribution in [1.29, 1.82) is 0 Å². The van der Waals surface area contributed by atoms with Gasteiger partial charge in [-0.25, -0.2) is 4.98 Å². The highest BCUT2D eigenvalue weighted by atomic mass is 32.2. The average molecular weight is 287 g/mol. The third-order valence-corrected chi connectivity index (χ3v) is 4.49. The van der Waals surface area contributed by atoms with Crippen LogP contribution < -0.4 is 10.2 Å².